The highest BCUT2D eigenvalue weighted by Gasteiger charge is 2.00. The molecule has 0 saturated heterocycles. The van der Waals surface area contributed by atoms with Crippen LogP contribution in [0.5, 0.6) is 5.75 Å². The molecule has 1 rings (SSSR count). The number of rotatable bonds is 8. The molecule has 0 unspecified atom stereocenters. The molecular weight excluding hydrogens is 221 g/mol. The van der Waals surface area contributed by atoms with Gasteiger partial charge in [0.1, 0.15) is 18.2 Å². The summed E-state index contributed by atoms with van der Waals surface area (Å²) < 4.78 is 23.5. The number of benzene rings is 1. The van der Waals surface area contributed by atoms with E-state index in [1.54, 1.807) is 6.07 Å². The Hall–Kier alpha value is -1.13. The van der Waals surface area contributed by atoms with E-state index in [1.165, 1.54) is 12.1 Å². The number of nitrogens with one attached hydrogen (secondary N) is 1. The van der Waals surface area contributed by atoms with Crippen molar-refractivity contribution in [3.63, 3.8) is 0 Å². The summed E-state index contributed by atoms with van der Waals surface area (Å²) in [5.41, 5.74) is 0.819. The molecule has 1 aromatic rings. The van der Waals surface area contributed by atoms with Gasteiger partial charge in [-0.1, -0.05) is 0 Å². The fraction of sp³-hybridized carbons (Fsp3) is 0.538. The molecule has 17 heavy (non-hydrogen) atoms. The molecule has 0 spiro atoms. The number of hydrogen-bond donors (Lipinski definition) is 1. The van der Waals surface area contributed by atoms with Gasteiger partial charge in [0.15, 0.2) is 0 Å². The molecular formula is C13H20FNO2. The van der Waals surface area contributed by atoms with Gasteiger partial charge in [-0.3, -0.25) is 0 Å². The zero-order chi connectivity index (χ0) is 12.5. The van der Waals surface area contributed by atoms with Crippen molar-refractivity contribution in [3.8, 4) is 5.75 Å². The lowest BCUT2D eigenvalue weighted by atomic mass is 10.2. The van der Waals surface area contributed by atoms with E-state index in [0.29, 0.717) is 13.2 Å². The zero-order valence-electron chi connectivity index (χ0n) is 10.5. The molecule has 3 nitrogen and oxygen atoms in total. The molecule has 0 aromatic heterocycles. The number of ether oxygens (including phenoxy) is 2. The van der Waals surface area contributed by atoms with Gasteiger partial charge in [-0.15, -0.1) is 0 Å². The Balaban J connectivity index is 2.14. The second-order valence-corrected chi connectivity index (χ2v) is 3.71. The molecule has 0 saturated carbocycles. The van der Waals surface area contributed by atoms with E-state index in [0.717, 1.165) is 31.0 Å². The van der Waals surface area contributed by atoms with Gasteiger partial charge in [0, 0.05) is 19.7 Å². The fourth-order valence-corrected chi connectivity index (χ4v) is 1.42. The summed E-state index contributed by atoms with van der Waals surface area (Å²) in [6.07, 6.45) is 0. The molecule has 0 fully saturated rings. The SMILES string of the molecule is CCOCCNCCOc1ccc(F)cc1C. The largest absolute Gasteiger partial charge is 0.492 e. The second kappa shape index (κ2) is 8.03. The first-order chi connectivity index (χ1) is 8.24. The van der Waals surface area contributed by atoms with Crippen LogP contribution >= 0.6 is 0 Å². The molecule has 4 heteroatoms. The topological polar surface area (TPSA) is 30.5 Å². The van der Waals surface area contributed by atoms with Crippen molar-refractivity contribution in [1.29, 1.82) is 0 Å². The second-order valence-electron chi connectivity index (χ2n) is 3.71. The van der Waals surface area contributed by atoms with E-state index in [2.05, 4.69) is 5.32 Å². The van der Waals surface area contributed by atoms with Crippen LogP contribution in [-0.4, -0.2) is 32.9 Å². The molecule has 1 N–H and O–H groups in total. The van der Waals surface area contributed by atoms with Gasteiger partial charge in [0.05, 0.1) is 6.61 Å². The minimum absolute atomic E-state index is 0.232. The highest BCUT2D eigenvalue weighted by atomic mass is 19.1. The first-order valence-electron chi connectivity index (χ1n) is 5.91. The minimum Gasteiger partial charge on any atom is -0.492 e. The van der Waals surface area contributed by atoms with Crippen molar-refractivity contribution >= 4 is 0 Å². The maximum atomic E-state index is 12.8. The molecule has 0 amide bonds. The molecule has 1 aromatic carbocycles. The number of aryl methyl sites for hydroxylation is 1. The Morgan fingerprint density at radius 3 is 2.71 bits per heavy atom. The smallest absolute Gasteiger partial charge is 0.123 e. The van der Waals surface area contributed by atoms with Crippen LogP contribution in [-0.2, 0) is 4.74 Å². The Kier molecular flexibility index (Phi) is 6.58. The standard InChI is InChI=1S/C13H20FNO2/c1-3-16-8-6-15-7-9-17-13-5-4-12(14)10-11(13)2/h4-5,10,15H,3,6-9H2,1-2H3. The van der Waals surface area contributed by atoms with Crippen molar-refractivity contribution in [2.45, 2.75) is 13.8 Å². The van der Waals surface area contributed by atoms with E-state index in [9.17, 15) is 4.39 Å². The molecule has 0 heterocycles. The first kappa shape index (κ1) is 13.9. The van der Waals surface area contributed by atoms with Crippen LogP contribution in [0.2, 0.25) is 0 Å². The van der Waals surface area contributed by atoms with Crippen LogP contribution in [0.3, 0.4) is 0 Å². The Morgan fingerprint density at radius 1 is 1.24 bits per heavy atom. The highest BCUT2D eigenvalue weighted by Crippen LogP contribution is 2.17. The van der Waals surface area contributed by atoms with E-state index >= 15 is 0 Å². The van der Waals surface area contributed by atoms with Gasteiger partial charge in [-0.25, -0.2) is 4.39 Å². The zero-order valence-corrected chi connectivity index (χ0v) is 10.5. The third kappa shape index (κ3) is 5.65. The predicted molar refractivity (Wildman–Crippen MR) is 66.0 cm³/mol. The lowest BCUT2D eigenvalue weighted by molar-refractivity contribution is 0.148. The van der Waals surface area contributed by atoms with E-state index < -0.39 is 0 Å². The average molecular weight is 241 g/mol. The molecule has 0 aliphatic carbocycles. The average Bonchev–Trinajstić information content (AvgIpc) is 2.30. The number of halogens is 1. The van der Waals surface area contributed by atoms with Crippen LogP contribution in [0.1, 0.15) is 12.5 Å². The molecule has 0 aliphatic rings. The Bertz CT molecular complexity index is 331. The Labute approximate surface area is 102 Å². The summed E-state index contributed by atoms with van der Waals surface area (Å²) in [4.78, 5) is 0. The highest BCUT2D eigenvalue weighted by molar-refractivity contribution is 5.32. The van der Waals surface area contributed by atoms with Crippen LogP contribution in [0, 0.1) is 12.7 Å². The van der Waals surface area contributed by atoms with Crippen molar-refractivity contribution in [3.05, 3.63) is 29.6 Å². The quantitative estimate of drug-likeness (QED) is 0.707. The van der Waals surface area contributed by atoms with Crippen molar-refractivity contribution in [1.82, 2.24) is 5.32 Å². The monoisotopic (exact) mass is 241 g/mol. The lowest BCUT2D eigenvalue weighted by Gasteiger charge is -2.09. The van der Waals surface area contributed by atoms with Crippen molar-refractivity contribution < 1.29 is 13.9 Å². The normalized spacial score (nSPS) is 10.5. The van der Waals surface area contributed by atoms with Gasteiger partial charge in [-0.05, 0) is 37.6 Å². The van der Waals surface area contributed by atoms with Crippen LogP contribution < -0.4 is 10.1 Å². The fourth-order valence-electron chi connectivity index (χ4n) is 1.42. The lowest BCUT2D eigenvalue weighted by Crippen LogP contribution is -2.25. The summed E-state index contributed by atoms with van der Waals surface area (Å²) in [6, 6.07) is 4.54. The third-order valence-electron chi connectivity index (χ3n) is 2.30. The minimum atomic E-state index is -0.232. The molecule has 0 bridgehead atoms. The predicted octanol–water partition coefficient (Wildman–Crippen LogP) is 2.14. The van der Waals surface area contributed by atoms with Crippen LogP contribution in [0.15, 0.2) is 18.2 Å². The van der Waals surface area contributed by atoms with E-state index in [1.807, 2.05) is 13.8 Å². The summed E-state index contributed by atoms with van der Waals surface area (Å²) in [7, 11) is 0. The molecule has 96 valence electrons. The van der Waals surface area contributed by atoms with Crippen molar-refractivity contribution in [2.75, 3.05) is 32.9 Å². The maximum absolute atomic E-state index is 12.8. The molecule has 0 atom stereocenters. The van der Waals surface area contributed by atoms with Gasteiger partial charge >= 0.3 is 0 Å². The van der Waals surface area contributed by atoms with E-state index in [-0.39, 0.29) is 5.82 Å². The number of hydrogen-bond acceptors (Lipinski definition) is 3. The van der Waals surface area contributed by atoms with Gasteiger partial charge in [0.2, 0.25) is 0 Å². The van der Waals surface area contributed by atoms with Gasteiger partial charge in [-0.2, -0.15) is 0 Å². The van der Waals surface area contributed by atoms with Gasteiger partial charge < -0.3 is 14.8 Å². The summed E-state index contributed by atoms with van der Waals surface area (Å²) in [5, 5.41) is 3.20. The molecule has 0 radical (unpaired) electrons. The Morgan fingerprint density at radius 2 is 2.00 bits per heavy atom. The molecule has 0 aliphatic heterocycles. The summed E-state index contributed by atoms with van der Waals surface area (Å²) in [5.74, 6) is 0.502. The summed E-state index contributed by atoms with van der Waals surface area (Å²) >= 11 is 0. The first-order valence-corrected chi connectivity index (χ1v) is 5.91. The maximum Gasteiger partial charge on any atom is 0.123 e. The third-order valence-corrected chi connectivity index (χ3v) is 2.30. The van der Waals surface area contributed by atoms with E-state index in [4.69, 9.17) is 9.47 Å². The van der Waals surface area contributed by atoms with Crippen LogP contribution in [0.25, 0.3) is 0 Å². The van der Waals surface area contributed by atoms with Gasteiger partial charge in [0.25, 0.3) is 0 Å². The van der Waals surface area contributed by atoms with Crippen molar-refractivity contribution in [2.24, 2.45) is 0 Å². The van der Waals surface area contributed by atoms with Crippen LogP contribution in [0.4, 0.5) is 4.39 Å². The summed E-state index contributed by atoms with van der Waals surface area (Å²) in [6.45, 7) is 7.41.